The van der Waals surface area contributed by atoms with Crippen LogP contribution in [0.15, 0.2) is 18.2 Å². The average molecular weight is 408 g/mol. The Kier molecular flexibility index (Phi) is 4.08. The van der Waals surface area contributed by atoms with Gasteiger partial charge in [-0.05, 0) is 74.2 Å². The van der Waals surface area contributed by atoms with Crippen LogP contribution in [0.1, 0.15) is 46.5 Å². The van der Waals surface area contributed by atoms with Crippen molar-refractivity contribution < 1.29 is 18.0 Å². The standard InChI is InChI=1S/C21H23F3N2OS/c1-12-2-3-14-10-16(28-17(14)15(12)11-21(22,23)24)19(27)25-18-13-4-8-26(9-5-13)20(18)6-7-20/h2-3,10,13,18H,4-9,11H2,1H3,(H,25,27)/t18-/m1/s1. The van der Waals surface area contributed by atoms with Crippen LogP contribution in [0, 0.1) is 12.8 Å². The molecule has 0 radical (unpaired) electrons. The second-order valence-electron chi connectivity index (χ2n) is 8.56. The Balaban J connectivity index is 1.43. The van der Waals surface area contributed by atoms with E-state index < -0.39 is 12.6 Å². The van der Waals surface area contributed by atoms with Crippen molar-refractivity contribution in [2.75, 3.05) is 13.1 Å². The van der Waals surface area contributed by atoms with Gasteiger partial charge in [0.1, 0.15) is 0 Å². The van der Waals surface area contributed by atoms with E-state index in [0.717, 1.165) is 44.2 Å². The molecule has 1 N–H and O–H groups in total. The van der Waals surface area contributed by atoms with E-state index in [1.165, 1.54) is 11.3 Å². The lowest BCUT2D eigenvalue weighted by Crippen LogP contribution is -2.65. The van der Waals surface area contributed by atoms with Gasteiger partial charge in [0.15, 0.2) is 0 Å². The first-order valence-electron chi connectivity index (χ1n) is 9.91. The van der Waals surface area contributed by atoms with Crippen molar-refractivity contribution >= 4 is 27.3 Å². The first-order valence-corrected chi connectivity index (χ1v) is 10.7. The highest BCUT2D eigenvalue weighted by Gasteiger charge is 2.60. The summed E-state index contributed by atoms with van der Waals surface area (Å²) < 4.78 is 39.6. The number of hydrogen-bond donors (Lipinski definition) is 1. The van der Waals surface area contributed by atoms with Crippen LogP contribution in [-0.4, -0.2) is 41.7 Å². The average Bonchev–Trinajstić information content (AvgIpc) is 3.29. The minimum atomic E-state index is -4.26. The Morgan fingerprint density at radius 1 is 1.29 bits per heavy atom. The third-order valence-corrected chi connectivity index (χ3v) is 8.10. The summed E-state index contributed by atoms with van der Waals surface area (Å²) in [6.07, 6.45) is -0.715. The molecule has 1 saturated carbocycles. The van der Waals surface area contributed by atoms with Gasteiger partial charge in [-0.25, -0.2) is 0 Å². The van der Waals surface area contributed by atoms with E-state index in [-0.39, 0.29) is 23.1 Å². The highest BCUT2D eigenvalue weighted by molar-refractivity contribution is 7.21. The first kappa shape index (κ1) is 18.4. The highest BCUT2D eigenvalue weighted by atomic mass is 32.1. The zero-order valence-electron chi connectivity index (χ0n) is 15.7. The van der Waals surface area contributed by atoms with Gasteiger partial charge in [0.25, 0.3) is 5.91 Å². The number of amides is 1. The molecule has 4 heterocycles. The fraction of sp³-hybridized carbons (Fsp3) is 0.571. The summed E-state index contributed by atoms with van der Waals surface area (Å²) in [6, 6.07) is 5.44. The molecule has 0 unspecified atom stereocenters. The minimum Gasteiger partial charge on any atom is -0.346 e. The summed E-state index contributed by atoms with van der Waals surface area (Å²) in [7, 11) is 0. The van der Waals surface area contributed by atoms with Crippen molar-refractivity contribution in [3.8, 4) is 0 Å². The number of thiophene rings is 1. The lowest BCUT2D eigenvalue weighted by Gasteiger charge is -2.52. The quantitative estimate of drug-likeness (QED) is 0.800. The maximum absolute atomic E-state index is 13.0. The van der Waals surface area contributed by atoms with Crippen LogP contribution >= 0.6 is 11.3 Å². The van der Waals surface area contributed by atoms with Crippen LogP contribution in [0.25, 0.3) is 10.1 Å². The summed E-state index contributed by atoms with van der Waals surface area (Å²) in [5, 5.41) is 3.99. The smallest absolute Gasteiger partial charge is 0.346 e. The molecule has 1 aromatic heterocycles. The van der Waals surface area contributed by atoms with E-state index in [0.29, 0.717) is 21.1 Å². The first-order chi connectivity index (χ1) is 13.3. The van der Waals surface area contributed by atoms with E-state index in [1.807, 2.05) is 6.07 Å². The second kappa shape index (κ2) is 6.20. The van der Waals surface area contributed by atoms with Gasteiger partial charge in [-0.2, -0.15) is 13.2 Å². The molecule has 4 aliphatic rings. The maximum Gasteiger partial charge on any atom is 0.393 e. The number of benzene rings is 1. The number of nitrogens with one attached hydrogen (secondary N) is 1. The molecule has 7 heteroatoms. The van der Waals surface area contributed by atoms with Gasteiger partial charge in [0.05, 0.1) is 17.3 Å². The molecule has 2 aromatic rings. The molecule has 4 fully saturated rings. The van der Waals surface area contributed by atoms with E-state index in [4.69, 9.17) is 0 Å². The lowest BCUT2D eigenvalue weighted by molar-refractivity contribution is -0.127. The Hall–Kier alpha value is -1.60. The lowest BCUT2D eigenvalue weighted by atomic mass is 9.77. The third-order valence-electron chi connectivity index (χ3n) is 6.89. The normalized spacial score (nSPS) is 28.1. The van der Waals surface area contributed by atoms with Gasteiger partial charge in [-0.15, -0.1) is 11.3 Å². The predicted molar refractivity (Wildman–Crippen MR) is 104 cm³/mol. The van der Waals surface area contributed by atoms with Gasteiger partial charge >= 0.3 is 6.18 Å². The summed E-state index contributed by atoms with van der Waals surface area (Å²) >= 11 is 1.19. The molecule has 6 rings (SSSR count). The van der Waals surface area contributed by atoms with Crippen LogP contribution in [0.3, 0.4) is 0 Å². The second-order valence-corrected chi connectivity index (χ2v) is 9.61. The molecule has 1 amide bonds. The topological polar surface area (TPSA) is 32.3 Å². The van der Waals surface area contributed by atoms with E-state index in [1.54, 1.807) is 19.1 Å². The van der Waals surface area contributed by atoms with E-state index in [9.17, 15) is 18.0 Å². The van der Waals surface area contributed by atoms with Crippen molar-refractivity contribution in [3.05, 3.63) is 34.2 Å². The Morgan fingerprint density at radius 2 is 2.00 bits per heavy atom. The number of piperidine rings is 3. The number of nitrogens with zero attached hydrogens (tertiary/aromatic N) is 1. The van der Waals surface area contributed by atoms with Crippen molar-refractivity contribution in [1.82, 2.24) is 10.2 Å². The number of halogens is 3. The van der Waals surface area contributed by atoms with Crippen molar-refractivity contribution in [2.24, 2.45) is 5.92 Å². The molecule has 28 heavy (non-hydrogen) atoms. The maximum atomic E-state index is 13.0. The number of carbonyl (C=O) groups excluding carboxylic acids is 1. The minimum absolute atomic E-state index is 0.137. The van der Waals surface area contributed by atoms with Gasteiger partial charge in [-0.1, -0.05) is 12.1 Å². The molecule has 1 aromatic carbocycles. The van der Waals surface area contributed by atoms with Gasteiger partial charge in [-0.3, -0.25) is 9.69 Å². The largest absolute Gasteiger partial charge is 0.393 e. The van der Waals surface area contributed by atoms with Crippen LogP contribution in [0.5, 0.6) is 0 Å². The fourth-order valence-electron chi connectivity index (χ4n) is 5.32. The molecule has 1 atom stereocenters. The van der Waals surface area contributed by atoms with Crippen molar-refractivity contribution in [3.63, 3.8) is 0 Å². The fourth-order valence-corrected chi connectivity index (χ4v) is 6.48. The number of aryl methyl sites for hydroxylation is 1. The van der Waals surface area contributed by atoms with Crippen LogP contribution in [0.2, 0.25) is 0 Å². The number of alkyl halides is 3. The Morgan fingerprint density at radius 3 is 2.64 bits per heavy atom. The molecule has 1 aliphatic carbocycles. The number of fused-ring (bicyclic) bond motifs is 3. The van der Waals surface area contributed by atoms with E-state index in [2.05, 4.69) is 10.2 Å². The molecule has 3 saturated heterocycles. The number of rotatable bonds is 3. The molecule has 2 bridgehead atoms. The summed E-state index contributed by atoms with van der Waals surface area (Å²) in [4.78, 5) is 16.1. The van der Waals surface area contributed by atoms with Crippen LogP contribution in [0.4, 0.5) is 13.2 Å². The van der Waals surface area contributed by atoms with Gasteiger partial charge in [0, 0.05) is 10.2 Å². The van der Waals surface area contributed by atoms with Crippen LogP contribution in [-0.2, 0) is 6.42 Å². The third kappa shape index (κ3) is 2.94. The summed E-state index contributed by atoms with van der Waals surface area (Å²) in [6.45, 7) is 3.95. The molecule has 150 valence electrons. The molecule has 3 aliphatic heterocycles. The number of carbonyl (C=O) groups is 1. The molecular formula is C21H23F3N2OS. The monoisotopic (exact) mass is 408 g/mol. The molecule has 1 spiro atoms. The number of hydrogen-bond acceptors (Lipinski definition) is 3. The zero-order valence-corrected chi connectivity index (χ0v) is 16.6. The summed E-state index contributed by atoms with van der Waals surface area (Å²) in [5.41, 5.74) is 1.05. The van der Waals surface area contributed by atoms with Crippen molar-refractivity contribution in [1.29, 1.82) is 0 Å². The highest BCUT2D eigenvalue weighted by Crippen LogP contribution is 2.53. The van der Waals surface area contributed by atoms with Crippen molar-refractivity contribution in [2.45, 2.75) is 56.8 Å². The zero-order chi connectivity index (χ0) is 19.7. The van der Waals surface area contributed by atoms with Gasteiger partial charge < -0.3 is 5.32 Å². The van der Waals surface area contributed by atoms with Crippen LogP contribution < -0.4 is 5.32 Å². The molecule has 3 nitrogen and oxygen atoms in total. The Labute approximate surface area is 165 Å². The predicted octanol–water partition coefficient (Wildman–Crippen LogP) is 4.67. The SMILES string of the molecule is Cc1ccc2cc(C(=O)N[C@@H]3C4CCN(CC4)C34CC4)sc2c1CC(F)(F)F. The van der Waals surface area contributed by atoms with E-state index >= 15 is 0 Å². The van der Waals surface area contributed by atoms with Gasteiger partial charge in [0.2, 0.25) is 0 Å². The molecular weight excluding hydrogens is 385 g/mol. The Bertz CT molecular complexity index is 939. The summed E-state index contributed by atoms with van der Waals surface area (Å²) in [5.74, 6) is 0.385.